The number of nitrogen functional groups attached to an aromatic ring is 1. The van der Waals surface area contributed by atoms with Crippen molar-refractivity contribution in [2.45, 2.75) is 19.4 Å². The van der Waals surface area contributed by atoms with Crippen LogP contribution in [0.5, 0.6) is 0 Å². The lowest BCUT2D eigenvalue weighted by molar-refractivity contribution is 0.0308. The Bertz CT molecular complexity index is 545. The number of hydrogen-bond donors (Lipinski definition) is 1. The van der Waals surface area contributed by atoms with Crippen LogP contribution < -0.4 is 5.73 Å². The summed E-state index contributed by atoms with van der Waals surface area (Å²) in [6.45, 7) is 5.73. The lowest BCUT2D eigenvalue weighted by Gasteiger charge is -2.45. The van der Waals surface area contributed by atoms with Gasteiger partial charge in [0.05, 0.1) is 11.3 Å². The molecule has 1 heterocycles. The largest absolute Gasteiger partial charge is 0.396 e. The molecule has 1 amide bonds. The number of carbonyl (C=O) groups excluding carboxylic acids is 1. The first kappa shape index (κ1) is 14.7. The molecule has 0 saturated carbocycles. The van der Waals surface area contributed by atoms with Crippen LogP contribution in [0.4, 0.5) is 14.5 Å². The van der Waals surface area contributed by atoms with Gasteiger partial charge in [-0.1, -0.05) is 0 Å². The minimum absolute atomic E-state index is 0.177. The molecule has 1 fully saturated rings. The maximum atomic E-state index is 13.8. The summed E-state index contributed by atoms with van der Waals surface area (Å²) in [5, 5.41) is 0. The summed E-state index contributed by atoms with van der Waals surface area (Å²) in [5.41, 5.74) is 4.83. The third-order valence-corrected chi connectivity index (χ3v) is 3.92. The van der Waals surface area contributed by atoms with Gasteiger partial charge in [-0.2, -0.15) is 0 Å². The molecule has 6 heteroatoms. The highest BCUT2D eigenvalue weighted by Crippen LogP contribution is 2.23. The molecule has 0 aromatic heterocycles. The van der Waals surface area contributed by atoms with Crippen LogP contribution in [0.2, 0.25) is 0 Å². The average molecular weight is 283 g/mol. The first-order valence-electron chi connectivity index (χ1n) is 6.47. The van der Waals surface area contributed by atoms with Crippen LogP contribution >= 0.6 is 0 Å². The van der Waals surface area contributed by atoms with E-state index in [1.807, 2.05) is 20.9 Å². The number of hydrogen-bond acceptors (Lipinski definition) is 3. The number of nitrogens with two attached hydrogens (primary N) is 1. The average Bonchev–Trinajstić information content (AvgIpc) is 2.36. The van der Waals surface area contributed by atoms with Gasteiger partial charge in [-0.3, -0.25) is 9.69 Å². The lowest BCUT2D eigenvalue weighted by atomic mass is 9.99. The Morgan fingerprint density at radius 1 is 1.25 bits per heavy atom. The smallest absolute Gasteiger partial charge is 0.257 e. The van der Waals surface area contributed by atoms with Crippen LogP contribution in [0.25, 0.3) is 0 Å². The summed E-state index contributed by atoms with van der Waals surface area (Å²) in [6, 6.07) is 1.72. The molecule has 0 radical (unpaired) electrons. The SMILES string of the molecule is CN1CCN(C(=O)c2cc(N)c(F)cc2F)CC1(C)C. The normalized spacial score (nSPS) is 19.1. The molecule has 0 atom stereocenters. The van der Waals surface area contributed by atoms with E-state index >= 15 is 0 Å². The van der Waals surface area contributed by atoms with Crippen molar-refractivity contribution in [2.75, 3.05) is 32.4 Å². The Labute approximate surface area is 117 Å². The second-order valence-electron chi connectivity index (χ2n) is 5.81. The van der Waals surface area contributed by atoms with Gasteiger partial charge in [-0.05, 0) is 27.0 Å². The highest BCUT2D eigenvalue weighted by atomic mass is 19.1. The predicted octanol–water partition coefficient (Wildman–Crippen LogP) is 1.71. The molecule has 0 spiro atoms. The Morgan fingerprint density at radius 3 is 2.50 bits per heavy atom. The topological polar surface area (TPSA) is 49.6 Å². The van der Waals surface area contributed by atoms with Gasteiger partial charge < -0.3 is 10.6 Å². The van der Waals surface area contributed by atoms with Crippen LogP contribution in [-0.2, 0) is 0 Å². The van der Waals surface area contributed by atoms with Gasteiger partial charge >= 0.3 is 0 Å². The third-order valence-electron chi connectivity index (χ3n) is 3.92. The number of nitrogens with zero attached hydrogens (tertiary/aromatic N) is 2. The Hall–Kier alpha value is -1.69. The van der Waals surface area contributed by atoms with E-state index in [0.717, 1.165) is 6.07 Å². The fraction of sp³-hybridized carbons (Fsp3) is 0.500. The number of piperazine rings is 1. The molecular weight excluding hydrogens is 264 g/mol. The minimum Gasteiger partial charge on any atom is -0.396 e. The van der Waals surface area contributed by atoms with Gasteiger partial charge in [0.25, 0.3) is 5.91 Å². The first-order chi connectivity index (χ1) is 9.22. The second-order valence-corrected chi connectivity index (χ2v) is 5.81. The van der Waals surface area contributed by atoms with Crippen LogP contribution in [-0.4, -0.2) is 47.9 Å². The van der Waals surface area contributed by atoms with E-state index in [2.05, 4.69) is 4.90 Å². The lowest BCUT2D eigenvalue weighted by Crippen LogP contribution is -2.58. The van der Waals surface area contributed by atoms with Gasteiger partial charge in [-0.15, -0.1) is 0 Å². The Balaban J connectivity index is 2.26. The number of likely N-dealkylation sites (N-methyl/N-ethyl adjacent to an activating group) is 1. The third kappa shape index (κ3) is 2.60. The van der Waals surface area contributed by atoms with Crippen molar-refractivity contribution in [1.29, 1.82) is 0 Å². The molecule has 1 aliphatic heterocycles. The van der Waals surface area contributed by atoms with E-state index < -0.39 is 17.5 Å². The summed E-state index contributed by atoms with van der Waals surface area (Å²) in [6.07, 6.45) is 0. The zero-order valence-corrected chi connectivity index (χ0v) is 11.9. The molecule has 1 aromatic rings. The monoisotopic (exact) mass is 283 g/mol. The van der Waals surface area contributed by atoms with Crippen LogP contribution in [0, 0.1) is 11.6 Å². The quantitative estimate of drug-likeness (QED) is 0.798. The minimum atomic E-state index is -0.876. The van der Waals surface area contributed by atoms with Crippen LogP contribution in [0.15, 0.2) is 12.1 Å². The van der Waals surface area contributed by atoms with Crippen molar-refractivity contribution < 1.29 is 13.6 Å². The van der Waals surface area contributed by atoms with Gasteiger partial charge in [-0.25, -0.2) is 8.78 Å². The maximum absolute atomic E-state index is 13.8. The molecule has 0 bridgehead atoms. The van der Waals surface area contributed by atoms with E-state index in [-0.39, 0.29) is 16.8 Å². The second kappa shape index (κ2) is 5.01. The standard InChI is InChI=1S/C14H19F2N3O/c1-14(2)8-19(5-4-18(14)3)13(20)9-6-12(17)11(16)7-10(9)15/h6-7H,4-5,8,17H2,1-3H3. The maximum Gasteiger partial charge on any atom is 0.257 e. The number of benzene rings is 1. The van der Waals surface area contributed by atoms with Crippen LogP contribution in [0.1, 0.15) is 24.2 Å². The van der Waals surface area contributed by atoms with Crippen molar-refractivity contribution in [2.24, 2.45) is 0 Å². The molecule has 110 valence electrons. The molecule has 2 rings (SSSR count). The van der Waals surface area contributed by atoms with Crippen LogP contribution in [0.3, 0.4) is 0 Å². The number of carbonyl (C=O) groups is 1. The molecule has 0 aliphatic carbocycles. The van der Waals surface area contributed by atoms with E-state index in [1.54, 1.807) is 4.90 Å². The summed E-state index contributed by atoms with van der Waals surface area (Å²) < 4.78 is 26.9. The van der Waals surface area contributed by atoms with Crippen molar-refractivity contribution in [3.8, 4) is 0 Å². The van der Waals surface area contributed by atoms with Gasteiger partial charge in [0.1, 0.15) is 11.6 Å². The summed E-state index contributed by atoms with van der Waals surface area (Å²) in [5.74, 6) is -2.17. The molecule has 0 unspecified atom stereocenters. The van der Waals surface area contributed by atoms with Gasteiger partial charge in [0.15, 0.2) is 0 Å². The van der Waals surface area contributed by atoms with E-state index in [1.165, 1.54) is 0 Å². The van der Waals surface area contributed by atoms with Crippen molar-refractivity contribution in [3.63, 3.8) is 0 Å². The van der Waals surface area contributed by atoms with E-state index in [0.29, 0.717) is 25.7 Å². The zero-order valence-electron chi connectivity index (χ0n) is 11.9. The Morgan fingerprint density at radius 2 is 1.90 bits per heavy atom. The van der Waals surface area contributed by atoms with Gasteiger partial charge in [0, 0.05) is 31.2 Å². The summed E-state index contributed by atoms with van der Waals surface area (Å²) >= 11 is 0. The predicted molar refractivity (Wildman–Crippen MR) is 73.4 cm³/mol. The molecule has 4 nitrogen and oxygen atoms in total. The van der Waals surface area contributed by atoms with E-state index in [4.69, 9.17) is 5.73 Å². The summed E-state index contributed by atoms with van der Waals surface area (Å²) in [7, 11) is 1.98. The molecule has 2 N–H and O–H groups in total. The zero-order chi connectivity index (χ0) is 15.1. The van der Waals surface area contributed by atoms with Crippen molar-refractivity contribution in [1.82, 2.24) is 9.80 Å². The summed E-state index contributed by atoms with van der Waals surface area (Å²) in [4.78, 5) is 16.1. The molecule has 1 saturated heterocycles. The van der Waals surface area contributed by atoms with Crippen molar-refractivity contribution >= 4 is 11.6 Å². The van der Waals surface area contributed by atoms with Crippen molar-refractivity contribution in [3.05, 3.63) is 29.3 Å². The number of amides is 1. The first-order valence-corrected chi connectivity index (χ1v) is 6.47. The number of anilines is 1. The number of rotatable bonds is 1. The molecule has 1 aromatic carbocycles. The Kier molecular flexibility index (Phi) is 3.69. The molecular formula is C14H19F2N3O. The molecule has 1 aliphatic rings. The molecule has 20 heavy (non-hydrogen) atoms. The highest BCUT2D eigenvalue weighted by Gasteiger charge is 2.34. The van der Waals surface area contributed by atoms with Gasteiger partial charge in [0.2, 0.25) is 0 Å². The number of halogens is 2. The highest BCUT2D eigenvalue weighted by molar-refractivity contribution is 5.95. The fourth-order valence-electron chi connectivity index (χ4n) is 2.31. The van der Waals surface area contributed by atoms with E-state index in [9.17, 15) is 13.6 Å². The fourth-order valence-corrected chi connectivity index (χ4v) is 2.31.